The van der Waals surface area contributed by atoms with Gasteiger partial charge >= 0.3 is 0 Å². The van der Waals surface area contributed by atoms with Crippen LogP contribution in [-0.2, 0) is 14.8 Å². The van der Waals surface area contributed by atoms with E-state index in [4.69, 9.17) is 0 Å². The van der Waals surface area contributed by atoms with Gasteiger partial charge in [0.05, 0.1) is 4.90 Å². The summed E-state index contributed by atoms with van der Waals surface area (Å²) in [6.07, 6.45) is 6.75. The lowest BCUT2D eigenvalue weighted by Gasteiger charge is -2.11. The molecule has 0 aliphatic carbocycles. The molecule has 0 saturated carbocycles. The first kappa shape index (κ1) is 20.3. The van der Waals surface area contributed by atoms with Crippen LogP contribution in [0.2, 0.25) is 0 Å². The van der Waals surface area contributed by atoms with Crippen molar-refractivity contribution in [2.75, 3.05) is 11.9 Å². The fourth-order valence-corrected chi connectivity index (χ4v) is 4.71. The minimum atomic E-state index is -3.74. The minimum absolute atomic E-state index is 0.0927. The molecule has 6 nitrogen and oxygen atoms in total. The van der Waals surface area contributed by atoms with Gasteiger partial charge in [-0.3, -0.25) is 14.5 Å². The molecular formula is C20H23N3O3S2. The molecule has 1 aromatic heterocycles. The number of benzene rings is 1. The van der Waals surface area contributed by atoms with Crippen molar-refractivity contribution in [3.05, 3.63) is 52.2 Å². The molecule has 2 heterocycles. The number of aliphatic imine (C=N–C) groups is 1. The third-order valence-corrected chi connectivity index (χ3v) is 6.54. The van der Waals surface area contributed by atoms with Gasteiger partial charge in [0.25, 0.3) is 10.0 Å². The largest absolute Gasteiger partial charge is 0.322 e. The van der Waals surface area contributed by atoms with Crippen molar-refractivity contribution in [2.45, 2.75) is 37.5 Å². The highest BCUT2D eigenvalue weighted by Gasteiger charge is 2.17. The number of anilines is 1. The van der Waals surface area contributed by atoms with E-state index in [0.717, 1.165) is 24.1 Å². The van der Waals surface area contributed by atoms with Crippen molar-refractivity contribution in [2.24, 2.45) is 4.99 Å². The Morgan fingerprint density at radius 3 is 2.82 bits per heavy atom. The Morgan fingerprint density at radius 1 is 1.18 bits per heavy atom. The molecule has 1 amide bonds. The van der Waals surface area contributed by atoms with Crippen LogP contribution in [0.15, 0.2) is 52.4 Å². The van der Waals surface area contributed by atoms with Crippen LogP contribution in [-0.4, -0.2) is 26.7 Å². The van der Waals surface area contributed by atoms with Crippen molar-refractivity contribution in [1.29, 1.82) is 0 Å². The van der Waals surface area contributed by atoms with E-state index in [1.807, 2.05) is 19.1 Å². The molecule has 2 N–H and O–H groups in total. The molecule has 28 heavy (non-hydrogen) atoms. The smallest absolute Gasteiger partial charge is 0.262 e. The summed E-state index contributed by atoms with van der Waals surface area (Å²) in [5, 5.41) is 2.70. The van der Waals surface area contributed by atoms with E-state index >= 15 is 0 Å². The van der Waals surface area contributed by atoms with Crippen molar-refractivity contribution >= 4 is 44.9 Å². The highest BCUT2D eigenvalue weighted by Crippen LogP contribution is 2.18. The highest BCUT2D eigenvalue weighted by molar-refractivity contribution is 7.90. The van der Waals surface area contributed by atoms with Gasteiger partial charge in [0.2, 0.25) is 5.91 Å². The van der Waals surface area contributed by atoms with E-state index < -0.39 is 10.0 Å². The summed E-state index contributed by atoms with van der Waals surface area (Å²) in [5.74, 6) is 0.183. The molecule has 0 spiro atoms. The third-order valence-electron chi connectivity index (χ3n) is 4.20. The fraction of sp³-hybridized carbons (Fsp3) is 0.300. The minimum Gasteiger partial charge on any atom is -0.322 e. The number of thiophene rings is 1. The first-order valence-corrected chi connectivity index (χ1v) is 11.4. The van der Waals surface area contributed by atoms with Gasteiger partial charge in [0, 0.05) is 34.5 Å². The number of hydrogen-bond donors (Lipinski definition) is 2. The number of carbonyl (C=O) groups excluding carboxylic acids is 1. The monoisotopic (exact) mass is 417 g/mol. The Kier molecular flexibility index (Phi) is 6.64. The van der Waals surface area contributed by atoms with Crippen molar-refractivity contribution in [3.8, 4) is 0 Å². The number of rotatable bonds is 5. The predicted molar refractivity (Wildman–Crippen MR) is 114 cm³/mol. The molecule has 0 unspecified atom stereocenters. The molecule has 2 aromatic rings. The number of amides is 1. The molecule has 1 aliphatic rings. The first-order chi connectivity index (χ1) is 13.4. The number of amidine groups is 1. The maximum absolute atomic E-state index is 12.6. The lowest BCUT2D eigenvalue weighted by Crippen LogP contribution is -2.30. The van der Waals surface area contributed by atoms with Crippen LogP contribution in [0, 0.1) is 6.92 Å². The van der Waals surface area contributed by atoms with Gasteiger partial charge < -0.3 is 5.32 Å². The van der Waals surface area contributed by atoms with Gasteiger partial charge in [-0.1, -0.05) is 12.5 Å². The summed E-state index contributed by atoms with van der Waals surface area (Å²) in [4.78, 5) is 18.7. The summed E-state index contributed by atoms with van der Waals surface area (Å²) in [6, 6.07) is 10.1. The van der Waals surface area contributed by atoms with Gasteiger partial charge in [-0.2, -0.15) is 0 Å². The normalized spacial score (nSPS) is 15.1. The summed E-state index contributed by atoms with van der Waals surface area (Å²) < 4.78 is 27.9. The highest BCUT2D eigenvalue weighted by atomic mass is 32.2. The van der Waals surface area contributed by atoms with Gasteiger partial charge in [0.15, 0.2) is 0 Å². The Morgan fingerprint density at radius 2 is 2.04 bits per heavy atom. The van der Waals surface area contributed by atoms with Crippen molar-refractivity contribution in [3.63, 3.8) is 0 Å². The molecule has 3 rings (SSSR count). The van der Waals surface area contributed by atoms with Gasteiger partial charge in [0.1, 0.15) is 5.84 Å². The van der Waals surface area contributed by atoms with Crippen LogP contribution in [0.3, 0.4) is 0 Å². The van der Waals surface area contributed by atoms with Crippen LogP contribution in [0.1, 0.15) is 35.4 Å². The number of carbonyl (C=O) groups is 1. The summed E-state index contributed by atoms with van der Waals surface area (Å²) in [5.41, 5.74) is 0.419. The lowest BCUT2D eigenvalue weighted by atomic mass is 10.2. The second kappa shape index (κ2) is 9.16. The maximum Gasteiger partial charge on any atom is 0.262 e. The number of hydrogen-bond acceptors (Lipinski definition) is 5. The van der Waals surface area contributed by atoms with Crippen molar-refractivity contribution in [1.82, 2.24) is 4.72 Å². The van der Waals surface area contributed by atoms with E-state index in [1.165, 1.54) is 23.1 Å². The fourth-order valence-electron chi connectivity index (χ4n) is 2.80. The van der Waals surface area contributed by atoms with Gasteiger partial charge in [-0.25, -0.2) is 8.42 Å². The summed E-state index contributed by atoms with van der Waals surface area (Å²) in [7, 11) is -3.74. The SMILES string of the molecule is Cc1ccc(/C=C/C(=O)Nc2cccc(S(=O)(=O)NC3=NCCCCC3)c2)s1. The van der Waals surface area contributed by atoms with Crippen LogP contribution in [0.4, 0.5) is 5.69 Å². The number of sulfonamides is 1. The van der Waals surface area contributed by atoms with Gasteiger partial charge in [-0.05, 0) is 56.2 Å². The Balaban J connectivity index is 1.68. The first-order valence-electron chi connectivity index (χ1n) is 9.14. The Labute approximate surface area is 169 Å². The zero-order valence-electron chi connectivity index (χ0n) is 15.6. The molecule has 0 atom stereocenters. The Bertz CT molecular complexity index is 1010. The second-order valence-corrected chi connectivity index (χ2v) is 9.55. The van der Waals surface area contributed by atoms with E-state index in [-0.39, 0.29) is 10.8 Å². The van der Waals surface area contributed by atoms with E-state index in [9.17, 15) is 13.2 Å². The lowest BCUT2D eigenvalue weighted by molar-refractivity contribution is -0.111. The number of aryl methyl sites for hydroxylation is 1. The van der Waals surface area contributed by atoms with Gasteiger partial charge in [-0.15, -0.1) is 11.3 Å². The molecule has 0 fully saturated rings. The van der Waals surface area contributed by atoms with Crippen LogP contribution < -0.4 is 10.0 Å². The third kappa shape index (κ3) is 5.77. The Hall–Kier alpha value is -2.45. The van der Waals surface area contributed by atoms with E-state index in [0.29, 0.717) is 24.5 Å². The standard InChI is InChI=1S/C20H23N3O3S2/c1-15-9-10-17(27-15)11-12-20(24)22-16-6-5-7-18(14-16)28(25,26)23-19-8-3-2-4-13-21-19/h5-7,9-12,14H,2-4,8,13H2,1H3,(H,21,23)(H,22,24)/b12-11+. The second-order valence-electron chi connectivity index (χ2n) is 6.54. The van der Waals surface area contributed by atoms with E-state index in [2.05, 4.69) is 15.0 Å². The zero-order valence-corrected chi connectivity index (χ0v) is 17.3. The average molecular weight is 418 g/mol. The number of nitrogens with zero attached hydrogens (tertiary/aromatic N) is 1. The molecule has 0 saturated heterocycles. The molecule has 1 aliphatic heterocycles. The average Bonchev–Trinajstić information content (AvgIpc) is 2.91. The molecule has 0 bridgehead atoms. The van der Waals surface area contributed by atoms with Crippen LogP contribution in [0.25, 0.3) is 6.08 Å². The molecule has 0 radical (unpaired) electrons. The number of nitrogens with one attached hydrogen (secondary N) is 2. The molecule has 8 heteroatoms. The maximum atomic E-state index is 12.6. The summed E-state index contributed by atoms with van der Waals surface area (Å²) in [6.45, 7) is 2.65. The topological polar surface area (TPSA) is 87.6 Å². The van der Waals surface area contributed by atoms with Crippen LogP contribution in [0.5, 0.6) is 0 Å². The summed E-state index contributed by atoms with van der Waals surface area (Å²) >= 11 is 1.59. The quantitative estimate of drug-likeness (QED) is 0.722. The molecule has 1 aromatic carbocycles. The molecular weight excluding hydrogens is 394 g/mol. The van der Waals surface area contributed by atoms with Crippen molar-refractivity contribution < 1.29 is 13.2 Å². The zero-order chi connectivity index (χ0) is 20.0. The molecule has 148 valence electrons. The van der Waals surface area contributed by atoms with E-state index in [1.54, 1.807) is 29.5 Å². The predicted octanol–water partition coefficient (Wildman–Crippen LogP) is 3.96. The van der Waals surface area contributed by atoms with Crippen LogP contribution >= 0.6 is 11.3 Å².